The van der Waals surface area contributed by atoms with Gasteiger partial charge in [0.25, 0.3) is 0 Å². The van der Waals surface area contributed by atoms with Crippen molar-refractivity contribution in [3.05, 3.63) is 66.0 Å². The number of likely N-dealkylation sites (tertiary alicyclic amines) is 1. The van der Waals surface area contributed by atoms with E-state index in [-0.39, 0.29) is 29.9 Å². The van der Waals surface area contributed by atoms with Gasteiger partial charge < -0.3 is 10.1 Å². The second kappa shape index (κ2) is 6.94. The lowest BCUT2D eigenvalue weighted by atomic mass is 9.99. The van der Waals surface area contributed by atoms with Crippen molar-refractivity contribution in [3.63, 3.8) is 0 Å². The van der Waals surface area contributed by atoms with Crippen LogP contribution in [0, 0.1) is 11.7 Å². The fourth-order valence-corrected chi connectivity index (χ4v) is 3.75. The van der Waals surface area contributed by atoms with E-state index in [1.165, 1.54) is 12.1 Å². The number of amides is 1. The Morgan fingerprint density at radius 2 is 1.88 bits per heavy atom. The summed E-state index contributed by atoms with van der Waals surface area (Å²) in [6, 6.07) is 16.1. The van der Waals surface area contributed by atoms with Gasteiger partial charge in [0.1, 0.15) is 5.82 Å². The van der Waals surface area contributed by atoms with Crippen molar-refractivity contribution in [3.8, 4) is 0 Å². The highest BCUT2D eigenvalue weighted by atomic mass is 19.1. The number of fused-ring (bicyclic) bond motifs is 2. The van der Waals surface area contributed by atoms with E-state index in [9.17, 15) is 9.18 Å². The summed E-state index contributed by atoms with van der Waals surface area (Å²) in [6.45, 7) is 2.29. The predicted octanol–water partition coefficient (Wildman–Crippen LogP) is 3.05. The average Bonchev–Trinajstić information content (AvgIpc) is 2.92. The van der Waals surface area contributed by atoms with Crippen molar-refractivity contribution in [1.29, 1.82) is 0 Å². The van der Waals surface area contributed by atoms with Crippen LogP contribution in [-0.4, -0.2) is 36.1 Å². The fraction of sp³-hybridized carbons (Fsp3) is 0.350. The third-order valence-corrected chi connectivity index (χ3v) is 4.93. The van der Waals surface area contributed by atoms with E-state index in [4.69, 9.17) is 4.74 Å². The standard InChI is InChI=1S/C20H21FN2O2/c21-15-8-6-14(7-9-15)11-23-12-17-10-18(19(13-23)25-17)20(24)22-16-4-2-1-3-5-16/h1-9,17-19H,10-13H2,(H,22,24)/t17-,18+,19+/m0/s1. The van der Waals surface area contributed by atoms with Crippen molar-refractivity contribution in [1.82, 2.24) is 4.90 Å². The number of morpholine rings is 1. The van der Waals surface area contributed by atoms with Crippen LogP contribution in [0.15, 0.2) is 54.6 Å². The number of hydrogen-bond acceptors (Lipinski definition) is 3. The van der Waals surface area contributed by atoms with E-state index < -0.39 is 0 Å². The maximum atomic E-state index is 13.0. The van der Waals surface area contributed by atoms with Crippen molar-refractivity contribution in [2.45, 2.75) is 25.2 Å². The summed E-state index contributed by atoms with van der Waals surface area (Å²) in [6.07, 6.45) is 0.761. The number of carbonyl (C=O) groups excluding carboxylic acids is 1. The number of anilines is 1. The molecule has 0 spiro atoms. The Labute approximate surface area is 146 Å². The van der Waals surface area contributed by atoms with Gasteiger partial charge in [-0.15, -0.1) is 0 Å². The lowest BCUT2D eigenvalue weighted by Gasteiger charge is -2.32. The van der Waals surface area contributed by atoms with Gasteiger partial charge in [-0.2, -0.15) is 0 Å². The van der Waals surface area contributed by atoms with Gasteiger partial charge in [0.2, 0.25) is 5.91 Å². The molecule has 2 aliphatic rings. The first-order chi connectivity index (χ1) is 12.2. The van der Waals surface area contributed by atoms with Crippen LogP contribution in [0.3, 0.4) is 0 Å². The number of hydrogen-bond donors (Lipinski definition) is 1. The second-order valence-corrected chi connectivity index (χ2v) is 6.81. The predicted molar refractivity (Wildman–Crippen MR) is 93.5 cm³/mol. The van der Waals surface area contributed by atoms with Crippen LogP contribution in [0.1, 0.15) is 12.0 Å². The van der Waals surface area contributed by atoms with E-state index >= 15 is 0 Å². The maximum absolute atomic E-state index is 13.0. The van der Waals surface area contributed by atoms with Crippen LogP contribution in [0.5, 0.6) is 0 Å². The van der Waals surface area contributed by atoms with Gasteiger partial charge in [0, 0.05) is 25.3 Å². The number of para-hydroxylation sites is 1. The molecule has 2 bridgehead atoms. The Morgan fingerprint density at radius 3 is 2.64 bits per heavy atom. The molecule has 0 aromatic heterocycles. The van der Waals surface area contributed by atoms with E-state index in [1.807, 2.05) is 42.5 Å². The highest BCUT2D eigenvalue weighted by Gasteiger charge is 2.44. The molecule has 0 radical (unpaired) electrons. The summed E-state index contributed by atoms with van der Waals surface area (Å²) in [5, 5.41) is 2.99. The van der Waals surface area contributed by atoms with Crippen molar-refractivity contribution >= 4 is 11.6 Å². The normalized spacial score (nSPS) is 25.7. The van der Waals surface area contributed by atoms with Crippen LogP contribution in [0.4, 0.5) is 10.1 Å². The summed E-state index contributed by atoms with van der Waals surface area (Å²) in [5.74, 6) is -0.311. The van der Waals surface area contributed by atoms with Gasteiger partial charge in [-0.25, -0.2) is 4.39 Å². The Hall–Kier alpha value is -2.24. The first-order valence-electron chi connectivity index (χ1n) is 8.65. The topological polar surface area (TPSA) is 41.6 Å². The summed E-state index contributed by atoms with van der Waals surface area (Å²) in [4.78, 5) is 14.9. The zero-order valence-electron chi connectivity index (χ0n) is 13.9. The van der Waals surface area contributed by atoms with Gasteiger partial charge in [-0.05, 0) is 36.2 Å². The number of nitrogens with one attached hydrogen (secondary N) is 1. The molecule has 2 heterocycles. The molecule has 4 nitrogen and oxygen atoms in total. The molecule has 1 amide bonds. The molecule has 3 atom stereocenters. The quantitative estimate of drug-likeness (QED) is 0.930. The third-order valence-electron chi connectivity index (χ3n) is 4.93. The molecule has 0 aliphatic carbocycles. The van der Waals surface area contributed by atoms with Crippen LogP contribution < -0.4 is 5.32 Å². The van der Waals surface area contributed by atoms with Crippen molar-refractivity contribution in [2.75, 3.05) is 18.4 Å². The first kappa shape index (κ1) is 16.2. The zero-order chi connectivity index (χ0) is 17.2. The number of nitrogens with zero attached hydrogens (tertiary/aromatic N) is 1. The molecule has 2 fully saturated rings. The molecule has 130 valence electrons. The number of carbonyl (C=O) groups is 1. The van der Waals surface area contributed by atoms with Crippen molar-refractivity contribution < 1.29 is 13.9 Å². The Bertz CT molecular complexity index is 735. The van der Waals surface area contributed by atoms with Crippen LogP contribution in [-0.2, 0) is 16.1 Å². The summed E-state index contributed by atoms with van der Waals surface area (Å²) in [5.41, 5.74) is 1.89. The molecule has 0 saturated carbocycles. The van der Waals surface area contributed by atoms with Gasteiger partial charge in [0.05, 0.1) is 18.1 Å². The fourth-order valence-electron chi connectivity index (χ4n) is 3.75. The van der Waals surface area contributed by atoms with Gasteiger partial charge >= 0.3 is 0 Å². The molecular weight excluding hydrogens is 319 g/mol. The minimum atomic E-state index is -0.219. The minimum absolute atomic E-state index is 0.0299. The summed E-state index contributed by atoms with van der Waals surface area (Å²) < 4.78 is 19.0. The lowest BCUT2D eigenvalue weighted by molar-refractivity contribution is -0.123. The first-order valence-corrected chi connectivity index (χ1v) is 8.65. The Morgan fingerprint density at radius 1 is 1.12 bits per heavy atom. The van der Waals surface area contributed by atoms with Crippen LogP contribution >= 0.6 is 0 Å². The molecule has 5 heteroatoms. The SMILES string of the molecule is O=C(Nc1ccccc1)[C@@H]1C[C@H]2CN(Cc3ccc(F)cc3)C[C@H]1O2. The highest BCUT2D eigenvalue weighted by Crippen LogP contribution is 2.33. The van der Waals surface area contributed by atoms with E-state index in [2.05, 4.69) is 10.2 Å². The van der Waals surface area contributed by atoms with E-state index in [0.717, 1.165) is 37.3 Å². The molecular formula is C20H21FN2O2. The smallest absolute Gasteiger partial charge is 0.230 e. The average molecular weight is 340 g/mol. The molecule has 1 N–H and O–H groups in total. The van der Waals surface area contributed by atoms with Crippen LogP contribution in [0.2, 0.25) is 0 Å². The number of benzene rings is 2. The highest BCUT2D eigenvalue weighted by molar-refractivity contribution is 5.93. The number of ether oxygens (including phenoxy) is 1. The Kier molecular flexibility index (Phi) is 4.51. The number of rotatable bonds is 4. The van der Waals surface area contributed by atoms with Gasteiger partial charge in [-0.3, -0.25) is 9.69 Å². The zero-order valence-corrected chi connectivity index (χ0v) is 13.9. The van der Waals surface area contributed by atoms with E-state index in [0.29, 0.717) is 0 Å². The van der Waals surface area contributed by atoms with E-state index in [1.54, 1.807) is 0 Å². The second-order valence-electron chi connectivity index (χ2n) is 6.81. The number of halogens is 1. The monoisotopic (exact) mass is 340 g/mol. The largest absolute Gasteiger partial charge is 0.371 e. The maximum Gasteiger partial charge on any atom is 0.230 e. The molecule has 4 rings (SSSR count). The minimum Gasteiger partial charge on any atom is -0.371 e. The molecule has 0 unspecified atom stereocenters. The van der Waals surface area contributed by atoms with Crippen molar-refractivity contribution in [2.24, 2.45) is 5.92 Å². The molecule has 2 aliphatic heterocycles. The van der Waals surface area contributed by atoms with Gasteiger partial charge in [-0.1, -0.05) is 30.3 Å². The molecule has 2 aromatic rings. The third kappa shape index (κ3) is 3.72. The molecule has 25 heavy (non-hydrogen) atoms. The Balaban J connectivity index is 1.38. The lowest BCUT2D eigenvalue weighted by Crippen LogP contribution is -2.44. The molecule has 2 aromatic carbocycles. The van der Waals surface area contributed by atoms with Gasteiger partial charge in [0.15, 0.2) is 0 Å². The van der Waals surface area contributed by atoms with Crippen LogP contribution in [0.25, 0.3) is 0 Å². The summed E-state index contributed by atoms with van der Waals surface area (Å²) >= 11 is 0. The molecule has 2 saturated heterocycles. The summed E-state index contributed by atoms with van der Waals surface area (Å²) in [7, 11) is 0.